The van der Waals surface area contributed by atoms with Gasteiger partial charge >= 0.3 is 0 Å². The number of nitriles is 1. The van der Waals surface area contributed by atoms with Crippen LogP contribution in [0.1, 0.15) is 31.1 Å². The monoisotopic (exact) mass is 273 g/mol. The number of carbonyl (C=O) groups is 1. The average Bonchev–Trinajstić information content (AvgIpc) is 2.46. The first-order valence-electron chi connectivity index (χ1n) is 6.75. The van der Waals surface area contributed by atoms with Gasteiger partial charge in [0, 0.05) is 44.4 Å². The molecule has 1 amide bonds. The van der Waals surface area contributed by atoms with Gasteiger partial charge in [-0.1, -0.05) is 6.07 Å². The third kappa shape index (κ3) is 2.91. The molecule has 20 heavy (non-hydrogen) atoms. The molecular formula is C15H19N3O2. The molecule has 5 heteroatoms. The van der Waals surface area contributed by atoms with Crippen LogP contribution in [0.5, 0.6) is 0 Å². The van der Waals surface area contributed by atoms with Crippen molar-refractivity contribution in [1.82, 2.24) is 4.90 Å². The maximum Gasteiger partial charge on any atom is 0.219 e. The Labute approximate surface area is 119 Å². The van der Waals surface area contributed by atoms with Gasteiger partial charge in [0.15, 0.2) is 0 Å². The third-order valence-corrected chi connectivity index (χ3v) is 3.68. The van der Waals surface area contributed by atoms with Gasteiger partial charge in [0.1, 0.15) is 0 Å². The number of aliphatic hydroxyl groups excluding tert-OH is 1. The lowest BCUT2D eigenvalue weighted by Gasteiger charge is -2.37. The van der Waals surface area contributed by atoms with Crippen LogP contribution in [0.15, 0.2) is 18.2 Å². The summed E-state index contributed by atoms with van der Waals surface area (Å²) >= 11 is 0. The van der Waals surface area contributed by atoms with E-state index in [9.17, 15) is 9.90 Å². The number of hydrogen-bond acceptors (Lipinski definition) is 4. The second-order valence-electron chi connectivity index (χ2n) is 5.05. The molecule has 1 fully saturated rings. The Morgan fingerprint density at radius 1 is 1.35 bits per heavy atom. The fourth-order valence-corrected chi connectivity index (χ4v) is 2.50. The Morgan fingerprint density at radius 2 is 2.00 bits per heavy atom. The molecule has 1 N–H and O–H groups in total. The second-order valence-corrected chi connectivity index (χ2v) is 5.05. The molecule has 0 unspecified atom stereocenters. The van der Waals surface area contributed by atoms with Crippen LogP contribution in [0, 0.1) is 11.3 Å². The summed E-state index contributed by atoms with van der Waals surface area (Å²) in [6.45, 7) is 6.07. The smallest absolute Gasteiger partial charge is 0.219 e. The second kappa shape index (κ2) is 5.93. The van der Waals surface area contributed by atoms with E-state index in [1.807, 2.05) is 11.0 Å². The van der Waals surface area contributed by atoms with Crippen LogP contribution < -0.4 is 4.90 Å². The summed E-state index contributed by atoms with van der Waals surface area (Å²) in [5, 5.41) is 18.9. The molecule has 0 saturated carbocycles. The number of benzene rings is 1. The molecule has 0 aliphatic carbocycles. The van der Waals surface area contributed by atoms with Crippen molar-refractivity contribution in [2.24, 2.45) is 0 Å². The van der Waals surface area contributed by atoms with Crippen LogP contribution in [0.2, 0.25) is 0 Å². The molecule has 1 heterocycles. The number of nitrogens with zero attached hydrogens (tertiary/aromatic N) is 3. The zero-order valence-corrected chi connectivity index (χ0v) is 11.8. The quantitative estimate of drug-likeness (QED) is 0.881. The van der Waals surface area contributed by atoms with Gasteiger partial charge in [-0.3, -0.25) is 4.79 Å². The third-order valence-electron chi connectivity index (χ3n) is 3.68. The molecular weight excluding hydrogens is 254 g/mol. The predicted molar refractivity (Wildman–Crippen MR) is 76.3 cm³/mol. The van der Waals surface area contributed by atoms with Gasteiger partial charge in [0.2, 0.25) is 5.91 Å². The molecule has 5 nitrogen and oxygen atoms in total. The van der Waals surface area contributed by atoms with E-state index in [1.54, 1.807) is 26.0 Å². The summed E-state index contributed by atoms with van der Waals surface area (Å²) in [5.41, 5.74) is 2.29. The van der Waals surface area contributed by atoms with Gasteiger partial charge in [0.25, 0.3) is 0 Å². The van der Waals surface area contributed by atoms with Gasteiger partial charge in [-0.25, -0.2) is 0 Å². The molecule has 1 aliphatic rings. The topological polar surface area (TPSA) is 67.6 Å². The zero-order valence-electron chi connectivity index (χ0n) is 11.8. The van der Waals surface area contributed by atoms with Gasteiger partial charge in [-0.05, 0) is 19.1 Å². The molecule has 2 rings (SSSR count). The fraction of sp³-hybridized carbons (Fsp3) is 0.467. The summed E-state index contributed by atoms with van der Waals surface area (Å²) < 4.78 is 0. The van der Waals surface area contributed by atoms with Crippen molar-refractivity contribution in [2.75, 3.05) is 31.1 Å². The minimum absolute atomic E-state index is 0.0891. The standard InChI is InChI=1S/C15H19N3O2/c1-11(19)14-4-3-13(10-16)9-15(14)18-7-5-17(6-8-18)12(2)20/h3-4,9,11,19H,5-8H2,1-2H3/t11-/m0/s1. The normalized spacial score (nSPS) is 16.7. The fourth-order valence-electron chi connectivity index (χ4n) is 2.50. The highest BCUT2D eigenvalue weighted by Gasteiger charge is 2.22. The lowest BCUT2D eigenvalue weighted by molar-refractivity contribution is -0.129. The molecule has 1 aliphatic heterocycles. The van der Waals surface area contributed by atoms with Crippen molar-refractivity contribution in [3.05, 3.63) is 29.3 Å². The number of rotatable bonds is 2. The van der Waals surface area contributed by atoms with Crippen molar-refractivity contribution in [3.63, 3.8) is 0 Å². The highest BCUT2D eigenvalue weighted by Crippen LogP contribution is 2.28. The predicted octanol–water partition coefficient (Wildman–Crippen LogP) is 1.28. The largest absolute Gasteiger partial charge is 0.389 e. The van der Waals surface area contributed by atoms with E-state index in [4.69, 9.17) is 5.26 Å². The van der Waals surface area contributed by atoms with Crippen LogP contribution in [0.3, 0.4) is 0 Å². The first-order chi connectivity index (χ1) is 9.52. The van der Waals surface area contributed by atoms with E-state index in [2.05, 4.69) is 11.0 Å². The number of aliphatic hydroxyl groups is 1. The summed E-state index contributed by atoms with van der Waals surface area (Å²) in [4.78, 5) is 15.3. The van der Waals surface area contributed by atoms with Crippen molar-refractivity contribution >= 4 is 11.6 Å². The van der Waals surface area contributed by atoms with Gasteiger partial charge < -0.3 is 14.9 Å². The maximum absolute atomic E-state index is 11.3. The molecule has 0 bridgehead atoms. The summed E-state index contributed by atoms with van der Waals surface area (Å²) in [6, 6.07) is 7.46. The molecule has 0 spiro atoms. The molecule has 1 aromatic rings. The van der Waals surface area contributed by atoms with Gasteiger partial charge in [-0.2, -0.15) is 5.26 Å². The van der Waals surface area contributed by atoms with Crippen molar-refractivity contribution in [1.29, 1.82) is 5.26 Å². The van der Waals surface area contributed by atoms with Crippen LogP contribution in [-0.4, -0.2) is 42.1 Å². The zero-order chi connectivity index (χ0) is 14.7. The minimum atomic E-state index is -0.580. The number of amides is 1. The van der Waals surface area contributed by atoms with Crippen molar-refractivity contribution < 1.29 is 9.90 Å². The van der Waals surface area contributed by atoms with E-state index >= 15 is 0 Å². The Bertz CT molecular complexity index is 541. The number of piperazine rings is 1. The first-order valence-corrected chi connectivity index (χ1v) is 6.75. The number of hydrogen-bond donors (Lipinski definition) is 1. The highest BCUT2D eigenvalue weighted by atomic mass is 16.3. The summed E-state index contributed by atoms with van der Waals surface area (Å²) in [5.74, 6) is 0.0891. The Balaban J connectivity index is 2.24. The maximum atomic E-state index is 11.3. The lowest BCUT2D eigenvalue weighted by atomic mass is 10.0. The van der Waals surface area contributed by atoms with E-state index < -0.39 is 6.10 Å². The molecule has 106 valence electrons. The summed E-state index contributed by atoms with van der Waals surface area (Å²) in [7, 11) is 0. The Morgan fingerprint density at radius 3 is 2.50 bits per heavy atom. The van der Waals surface area contributed by atoms with Gasteiger partial charge in [-0.15, -0.1) is 0 Å². The van der Waals surface area contributed by atoms with Crippen LogP contribution in [-0.2, 0) is 4.79 Å². The molecule has 1 aromatic carbocycles. The van der Waals surface area contributed by atoms with E-state index in [1.165, 1.54) is 0 Å². The van der Waals surface area contributed by atoms with Crippen molar-refractivity contribution in [2.45, 2.75) is 20.0 Å². The molecule has 1 atom stereocenters. The van der Waals surface area contributed by atoms with Crippen molar-refractivity contribution in [3.8, 4) is 6.07 Å². The van der Waals surface area contributed by atoms with Gasteiger partial charge in [0.05, 0.1) is 17.7 Å². The molecule has 0 radical (unpaired) electrons. The lowest BCUT2D eigenvalue weighted by Crippen LogP contribution is -2.48. The van der Waals surface area contributed by atoms with E-state index in [0.717, 1.165) is 11.3 Å². The summed E-state index contributed by atoms with van der Waals surface area (Å²) in [6.07, 6.45) is -0.580. The Hall–Kier alpha value is -2.06. The number of anilines is 1. The highest BCUT2D eigenvalue weighted by molar-refractivity contribution is 5.73. The van der Waals surface area contributed by atoms with Crippen LogP contribution >= 0.6 is 0 Å². The Kier molecular flexibility index (Phi) is 4.26. The molecule has 0 aromatic heterocycles. The van der Waals surface area contributed by atoms with E-state index in [-0.39, 0.29) is 5.91 Å². The van der Waals surface area contributed by atoms with Crippen LogP contribution in [0.25, 0.3) is 0 Å². The first kappa shape index (κ1) is 14.4. The number of carbonyl (C=O) groups excluding carboxylic acids is 1. The van der Waals surface area contributed by atoms with E-state index in [0.29, 0.717) is 31.7 Å². The minimum Gasteiger partial charge on any atom is -0.389 e. The SMILES string of the molecule is CC(=O)N1CCN(c2cc(C#N)ccc2[C@H](C)O)CC1. The average molecular weight is 273 g/mol. The van der Waals surface area contributed by atoms with Crippen LogP contribution in [0.4, 0.5) is 5.69 Å². The molecule has 1 saturated heterocycles.